The molecule has 35 heavy (non-hydrogen) atoms. The lowest BCUT2D eigenvalue weighted by atomic mass is 10.1. The van der Waals surface area contributed by atoms with E-state index in [-0.39, 0.29) is 5.91 Å². The van der Waals surface area contributed by atoms with E-state index in [0.29, 0.717) is 42.9 Å². The van der Waals surface area contributed by atoms with Gasteiger partial charge in [-0.05, 0) is 35.0 Å². The lowest BCUT2D eigenvalue weighted by Gasteiger charge is -2.35. The van der Waals surface area contributed by atoms with E-state index in [9.17, 15) is 4.79 Å². The molecule has 0 bridgehead atoms. The molecule has 0 spiro atoms. The van der Waals surface area contributed by atoms with Crippen LogP contribution in [-0.2, 0) is 0 Å². The van der Waals surface area contributed by atoms with Crippen LogP contribution in [0.15, 0.2) is 73.1 Å². The normalized spacial score (nSPS) is 14.0. The average Bonchev–Trinajstić information content (AvgIpc) is 3.37. The predicted molar refractivity (Wildman–Crippen MR) is 133 cm³/mol. The van der Waals surface area contributed by atoms with Gasteiger partial charge in [0.1, 0.15) is 12.1 Å². The molecule has 0 N–H and O–H groups in total. The van der Waals surface area contributed by atoms with E-state index in [1.165, 1.54) is 6.33 Å². The molecule has 9 heteroatoms. The van der Waals surface area contributed by atoms with E-state index in [4.69, 9.17) is 4.74 Å². The molecule has 1 fully saturated rings. The monoisotopic (exact) mass is 465 g/mol. The molecule has 1 saturated heterocycles. The smallest absolute Gasteiger partial charge is 0.253 e. The van der Waals surface area contributed by atoms with Gasteiger partial charge in [-0.15, -0.1) is 5.10 Å². The number of rotatable bonds is 4. The highest BCUT2D eigenvalue weighted by Gasteiger charge is 2.25. The number of nitrogens with zero attached hydrogens (tertiary/aromatic N) is 7. The predicted octanol–water partition coefficient (Wildman–Crippen LogP) is 3.33. The third-order valence-electron chi connectivity index (χ3n) is 6.38. The van der Waals surface area contributed by atoms with Crippen molar-refractivity contribution in [2.75, 3.05) is 38.2 Å². The van der Waals surface area contributed by atoms with Gasteiger partial charge in [0, 0.05) is 37.8 Å². The van der Waals surface area contributed by atoms with Crippen molar-refractivity contribution >= 4 is 33.7 Å². The molecular formula is C26H23N7O2. The number of piperazine rings is 1. The van der Waals surface area contributed by atoms with Crippen LogP contribution in [0.4, 0.5) is 5.82 Å². The minimum Gasteiger partial charge on any atom is -0.497 e. The number of fused-ring (bicyclic) bond motifs is 2. The van der Waals surface area contributed by atoms with Gasteiger partial charge >= 0.3 is 0 Å². The molecule has 0 aliphatic carbocycles. The van der Waals surface area contributed by atoms with Crippen LogP contribution in [0.5, 0.6) is 5.75 Å². The van der Waals surface area contributed by atoms with Gasteiger partial charge in [0.05, 0.1) is 12.8 Å². The summed E-state index contributed by atoms with van der Waals surface area (Å²) in [6, 6.07) is 21.5. The van der Waals surface area contributed by atoms with Crippen molar-refractivity contribution in [2.45, 2.75) is 0 Å². The Hall–Kier alpha value is -4.53. The van der Waals surface area contributed by atoms with Crippen molar-refractivity contribution in [1.29, 1.82) is 0 Å². The number of benzene rings is 3. The molecule has 0 unspecified atom stereocenters. The Morgan fingerprint density at radius 1 is 0.886 bits per heavy atom. The Kier molecular flexibility index (Phi) is 5.21. The summed E-state index contributed by atoms with van der Waals surface area (Å²) in [5.41, 5.74) is 2.77. The number of hydrogen-bond acceptors (Lipinski definition) is 7. The number of aromatic nitrogens is 5. The van der Waals surface area contributed by atoms with Crippen molar-refractivity contribution < 1.29 is 9.53 Å². The Balaban J connectivity index is 1.22. The van der Waals surface area contributed by atoms with Gasteiger partial charge < -0.3 is 14.5 Å². The minimum absolute atomic E-state index is 0.0483. The number of carbonyl (C=O) groups excluding carboxylic acids is 1. The molecule has 1 aliphatic rings. The van der Waals surface area contributed by atoms with Crippen LogP contribution in [0.25, 0.3) is 27.6 Å². The summed E-state index contributed by atoms with van der Waals surface area (Å²) in [5, 5.41) is 10.9. The van der Waals surface area contributed by atoms with Gasteiger partial charge in [-0.3, -0.25) is 4.79 Å². The van der Waals surface area contributed by atoms with Gasteiger partial charge in [0.15, 0.2) is 17.0 Å². The van der Waals surface area contributed by atoms with Crippen molar-refractivity contribution in [3.8, 4) is 11.4 Å². The first-order chi connectivity index (χ1) is 17.2. The van der Waals surface area contributed by atoms with E-state index < -0.39 is 0 Å². The standard InChI is InChI=1S/C26H23N7O2/c1-35-22-8-4-7-21(16-22)33-25-23(29-30-33)24(27-17-28-25)31-11-13-32(14-12-31)26(34)20-10-9-18-5-2-3-6-19(18)15-20/h2-10,15-17H,11-14H2,1H3. The lowest BCUT2D eigenvalue weighted by molar-refractivity contribution is 0.0747. The first-order valence-electron chi connectivity index (χ1n) is 11.4. The molecule has 5 aromatic rings. The summed E-state index contributed by atoms with van der Waals surface area (Å²) in [6.45, 7) is 2.50. The van der Waals surface area contributed by atoms with Crippen LogP contribution in [0.2, 0.25) is 0 Å². The zero-order chi connectivity index (χ0) is 23.8. The molecule has 174 valence electrons. The molecule has 9 nitrogen and oxygen atoms in total. The van der Waals surface area contributed by atoms with Crippen LogP contribution in [0, 0.1) is 0 Å². The molecule has 3 aromatic carbocycles. The van der Waals surface area contributed by atoms with E-state index in [2.05, 4.69) is 31.2 Å². The fourth-order valence-corrected chi connectivity index (χ4v) is 4.51. The molecular weight excluding hydrogens is 442 g/mol. The van der Waals surface area contributed by atoms with Crippen molar-refractivity contribution in [3.63, 3.8) is 0 Å². The highest BCUT2D eigenvalue weighted by Crippen LogP contribution is 2.25. The van der Waals surface area contributed by atoms with Crippen molar-refractivity contribution in [3.05, 3.63) is 78.6 Å². The van der Waals surface area contributed by atoms with Crippen molar-refractivity contribution in [2.24, 2.45) is 0 Å². The first kappa shape index (κ1) is 21.0. The van der Waals surface area contributed by atoms with Gasteiger partial charge in [0.2, 0.25) is 0 Å². The highest BCUT2D eigenvalue weighted by atomic mass is 16.5. The Labute approximate surface area is 201 Å². The largest absolute Gasteiger partial charge is 0.497 e. The average molecular weight is 466 g/mol. The molecule has 2 aromatic heterocycles. The lowest BCUT2D eigenvalue weighted by Crippen LogP contribution is -2.49. The third kappa shape index (κ3) is 3.80. The molecule has 3 heterocycles. The van der Waals surface area contributed by atoms with Crippen LogP contribution in [0.3, 0.4) is 0 Å². The Morgan fingerprint density at radius 3 is 2.54 bits per heavy atom. The summed E-state index contributed by atoms with van der Waals surface area (Å²) < 4.78 is 7.01. The number of amides is 1. The summed E-state index contributed by atoms with van der Waals surface area (Å²) in [4.78, 5) is 26.1. The van der Waals surface area contributed by atoms with E-state index in [0.717, 1.165) is 28.0 Å². The fourth-order valence-electron chi connectivity index (χ4n) is 4.51. The zero-order valence-electron chi connectivity index (χ0n) is 19.2. The minimum atomic E-state index is 0.0483. The van der Waals surface area contributed by atoms with Crippen LogP contribution in [-0.4, -0.2) is 69.1 Å². The van der Waals surface area contributed by atoms with Gasteiger partial charge in [0.25, 0.3) is 5.91 Å². The molecule has 6 rings (SSSR count). The SMILES string of the molecule is COc1cccc(-n2nnc3c(N4CCN(C(=O)c5ccc6ccccc6c5)CC4)ncnc32)c1. The molecule has 0 atom stereocenters. The maximum atomic E-state index is 13.2. The van der Waals surface area contributed by atoms with Crippen LogP contribution < -0.4 is 9.64 Å². The number of anilines is 1. The van der Waals surface area contributed by atoms with Gasteiger partial charge in [-0.1, -0.05) is 41.6 Å². The van der Waals surface area contributed by atoms with Crippen molar-refractivity contribution in [1.82, 2.24) is 29.9 Å². The summed E-state index contributed by atoms with van der Waals surface area (Å²) in [7, 11) is 1.63. The number of ether oxygens (including phenoxy) is 1. The van der Waals surface area contributed by atoms with E-state index >= 15 is 0 Å². The second kappa shape index (κ2) is 8.68. The van der Waals surface area contributed by atoms with Gasteiger partial charge in [-0.25, -0.2) is 9.97 Å². The topological polar surface area (TPSA) is 89.3 Å². The molecule has 0 radical (unpaired) electrons. The van der Waals surface area contributed by atoms with Crippen LogP contribution in [0.1, 0.15) is 10.4 Å². The third-order valence-corrected chi connectivity index (χ3v) is 6.38. The second-order valence-electron chi connectivity index (χ2n) is 8.41. The fraction of sp³-hybridized carbons (Fsp3) is 0.192. The quantitative estimate of drug-likeness (QED) is 0.402. The Morgan fingerprint density at radius 2 is 1.71 bits per heavy atom. The van der Waals surface area contributed by atoms with Crippen LogP contribution >= 0.6 is 0 Å². The summed E-state index contributed by atoms with van der Waals surface area (Å²) in [5.74, 6) is 1.50. The maximum absolute atomic E-state index is 13.2. The number of methoxy groups -OCH3 is 1. The highest BCUT2D eigenvalue weighted by molar-refractivity contribution is 5.98. The molecule has 1 amide bonds. The van der Waals surface area contributed by atoms with E-state index in [1.54, 1.807) is 11.8 Å². The zero-order valence-corrected chi connectivity index (χ0v) is 19.2. The summed E-state index contributed by atoms with van der Waals surface area (Å²) in [6.07, 6.45) is 1.53. The number of carbonyl (C=O) groups is 1. The molecule has 0 saturated carbocycles. The van der Waals surface area contributed by atoms with Gasteiger partial charge in [-0.2, -0.15) is 4.68 Å². The Bertz CT molecular complexity index is 1540. The van der Waals surface area contributed by atoms with E-state index in [1.807, 2.05) is 65.6 Å². The first-order valence-corrected chi connectivity index (χ1v) is 11.4. The number of hydrogen-bond donors (Lipinski definition) is 0. The summed E-state index contributed by atoms with van der Waals surface area (Å²) >= 11 is 0. The second-order valence-corrected chi connectivity index (χ2v) is 8.41. The molecule has 1 aliphatic heterocycles. The maximum Gasteiger partial charge on any atom is 0.253 e.